The van der Waals surface area contributed by atoms with Crippen molar-refractivity contribution in [3.8, 4) is 5.75 Å². The third-order valence-electron chi connectivity index (χ3n) is 6.11. The first kappa shape index (κ1) is 26.3. The van der Waals surface area contributed by atoms with Crippen molar-refractivity contribution in [3.05, 3.63) is 88.4 Å². The number of nitrogens with zero attached hydrogens (tertiary/aromatic N) is 3. The van der Waals surface area contributed by atoms with Gasteiger partial charge in [0.25, 0.3) is 0 Å². The molecule has 36 heavy (non-hydrogen) atoms. The lowest BCUT2D eigenvalue weighted by Crippen LogP contribution is -2.51. The minimum Gasteiger partial charge on any atom is -0.497 e. The lowest BCUT2D eigenvalue weighted by molar-refractivity contribution is -0.131. The number of amides is 1. The van der Waals surface area contributed by atoms with E-state index in [1.807, 2.05) is 24.3 Å². The average molecular weight is 548 g/mol. The van der Waals surface area contributed by atoms with Crippen molar-refractivity contribution in [2.24, 2.45) is 0 Å². The van der Waals surface area contributed by atoms with Crippen LogP contribution in [0, 0.1) is 0 Å². The van der Waals surface area contributed by atoms with Crippen molar-refractivity contribution in [3.63, 3.8) is 0 Å². The smallest absolute Gasteiger partial charge is 0.243 e. The van der Waals surface area contributed by atoms with E-state index >= 15 is 0 Å². The lowest BCUT2D eigenvalue weighted by atomic mass is 10.2. The van der Waals surface area contributed by atoms with Gasteiger partial charge in [-0.3, -0.25) is 4.79 Å². The molecule has 1 aliphatic rings. The molecule has 1 aliphatic heterocycles. The fourth-order valence-corrected chi connectivity index (χ4v) is 5.79. The summed E-state index contributed by atoms with van der Waals surface area (Å²) >= 11 is 12.2. The zero-order valence-electron chi connectivity index (χ0n) is 19.8. The molecular formula is C26H27Cl2N3O4S. The number of carbonyl (C=O) groups is 1. The molecule has 0 aromatic heterocycles. The van der Waals surface area contributed by atoms with Gasteiger partial charge in [0.05, 0.1) is 28.6 Å². The number of halogens is 2. The summed E-state index contributed by atoms with van der Waals surface area (Å²) in [5, 5.41) is 0.705. The Labute approximate surface area is 221 Å². The van der Waals surface area contributed by atoms with Crippen LogP contribution in [0.5, 0.6) is 5.75 Å². The summed E-state index contributed by atoms with van der Waals surface area (Å²) in [6.45, 7) is 2.01. The highest BCUT2D eigenvalue weighted by atomic mass is 35.5. The van der Waals surface area contributed by atoms with E-state index in [1.54, 1.807) is 48.4 Å². The Bertz CT molecular complexity index is 1300. The number of methoxy groups -OCH3 is 1. The Morgan fingerprint density at radius 2 is 1.58 bits per heavy atom. The number of hydrogen-bond acceptors (Lipinski definition) is 5. The van der Waals surface area contributed by atoms with Crippen molar-refractivity contribution in [2.75, 3.05) is 44.7 Å². The van der Waals surface area contributed by atoms with Crippen molar-refractivity contribution >= 4 is 44.8 Å². The van der Waals surface area contributed by atoms with E-state index in [4.69, 9.17) is 27.9 Å². The van der Waals surface area contributed by atoms with Gasteiger partial charge in [-0.2, -0.15) is 4.31 Å². The van der Waals surface area contributed by atoms with Gasteiger partial charge in [0, 0.05) is 38.4 Å². The van der Waals surface area contributed by atoms with Gasteiger partial charge in [0.1, 0.15) is 5.75 Å². The van der Waals surface area contributed by atoms with Crippen LogP contribution >= 0.6 is 23.2 Å². The maximum absolute atomic E-state index is 13.5. The van der Waals surface area contributed by atoms with Gasteiger partial charge in [0.2, 0.25) is 15.9 Å². The third-order valence-corrected chi connectivity index (χ3v) is 8.65. The van der Waals surface area contributed by atoms with Crippen molar-refractivity contribution in [1.29, 1.82) is 0 Å². The number of sulfonamides is 1. The van der Waals surface area contributed by atoms with Gasteiger partial charge in [-0.05, 0) is 54.1 Å². The van der Waals surface area contributed by atoms with Gasteiger partial charge in [-0.1, -0.05) is 47.5 Å². The van der Waals surface area contributed by atoms with E-state index in [2.05, 4.69) is 4.90 Å². The summed E-state index contributed by atoms with van der Waals surface area (Å²) in [6.07, 6.45) is 0. The molecule has 1 fully saturated rings. The molecule has 0 atom stereocenters. The standard InChI is InChI=1S/C26H27Cl2N3O4S/c1-35-22-10-8-21(9-11-22)29-13-15-30(16-14-29)26(32)19-31(18-20-7-12-24(27)25(28)17-20)36(33,34)23-5-3-2-4-6-23/h2-12,17H,13-16,18-19H2,1H3. The van der Waals surface area contributed by atoms with E-state index in [1.165, 1.54) is 16.4 Å². The second-order valence-corrected chi connectivity index (χ2v) is 11.2. The Kier molecular flexibility index (Phi) is 8.41. The van der Waals surface area contributed by atoms with Crippen molar-refractivity contribution < 1.29 is 17.9 Å². The fraction of sp³-hybridized carbons (Fsp3) is 0.269. The number of carbonyl (C=O) groups excluding carboxylic acids is 1. The normalized spacial score (nSPS) is 14.2. The predicted molar refractivity (Wildman–Crippen MR) is 142 cm³/mol. The molecule has 0 unspecified atom stereocenters. The Morgan fingerprint density at radius 1 is 0.917 bits per heavy atom. The topological polar surface area (TPSA) is 70.2 Å². The molecule has 3 aromatic rings. The first-order valence-corrected chi connectivity index (χ1v) is 13.6. The van der Waals surface area contributed by atoms with Crippen LogP contribution in [0.15, 0.2) is 77.7 Å². The molecule has 7 nitrogen and oxygen atoms in total. The van der Waals surface area contributed by atoms with E-state index in [9.17, 15) is 13.2 Å². The molecular weight excluding hydrogens is 521 g/mol. The van der Waals surface area contributed by atoms with Gasteiger partial charge in [-0.25, -0.2) is 8.42 Å². The van der Waals surface area contributed by atoms with Crippen LogP contribution in [0.1, 0.15) is 5.56 Å². The van der Waals surface area contributed by atoms with E-state index in [0.29, 0.717) is 41.8 Å². The maximum Gasteiger partial charge on any atom is 0.243 e. The molecule has 1 amide bonds. The first-order chi connectivity index (χ1) is 17.3. The molecule has 0 N–H and O–H groups in total. The lowest BCUT2D eigenvalue weighted by Gasteiger charge is -2.37. The second-order valence-electron chi connectivity index (χ2n) is 8.40. The largest absolute Gasteiger partial charge is 0.497 e. The number of benzene rings is 3. The highest BCUT2D eigenvalue weighted by Crippen LogP contribution is 2.26. The molecule has 3 aromatic carbocycles. The van der Waals surface area contributed by atoms with Gasteiger partial charge >= 0.3 is 0 Å². The Morgan fingerprint density at radius 3 is 2.19 bits per heavy atom. The van der Waals surface area contributed by atoms with Gasteiger partial charge < -0.3 is 14.5 Å². The van der Waals surface area contributed by atoms with Crippen LogP contribution in [0.2, 0.25) is 10.0 Å². The number of ether oxygens (including phenoxy) is 1. The predicted octanol–water partition coefficient (Wildman–Crippen LogP) is 4.54. The Balaban J connectivity index is 1.48. The highest BCUT2D eigenvalue weighted by Gasteiger charge is 2.30. The molecule has 0 bridgehead atoms. The highest BCUT2D eigenvalue weighted by molar-refractivity contribution is 7.89. The van der Waals surface area contributed by atoms with E-state index < -0.39 is 10.0 Å². The molecule has 1 saturated heterocycles. The molecule has 4 rings (SSSR count). The molecule has 0 spiro atoms. The SMILES string of the molecule is COc1ccc(N2CCN(C(=O)CN(Cc3ccc(Cl)c(Cl)c3)S(=O)(=O)c3ccccc3)CC2)cc1. The molecule has 190 valence electrons. The van der Waals surface area contributed by atoms with Crippen LogP contribution in [0.3, 0.4) is 0 Å². The molecule has 1 heterocycles. The van der Waals surface area contributed by atoms with Crippen LogP contribution in [-0.4, -0.2) is 63.4 Å². The summed E-state index contributed by atoms with van der Waals surface area (Å²) < 4.78 is 33.4. The maximum atomic E-state index is 13.5. The fourth-order valence-electron chi connectivity index (χ4n) is 4.07. The van der Waals surface area contributed by atoms with Crippen LogP contribution in [-0.2, 0) is 21.4 Å². The minimum atomic E-state index is -3.93. The molecule has 10 heteroatoms. The monoisotopic (exact) mass is 547 g/mol. The number of hydrogen-bond donors (Lipinski definition) is 0. The number of rotatable bonds is 8. The van der Waals surface area contributed by atoms with E-state index in [-0.39, 0.29) is 23.9 Å². The van der Waals surface area contributed by atoms with Crippen LogP contribution < -0.4 is 9.64 Å². The Hall–Kier alpha value is -2.78. The number of anilines is 1. The first-order valence-electron chi connectivity index (χ1n) is 11.4. The number of piperazine rings is 1. The quantitative estimate of drug-likeness (QED) is 0.414. The molecule has 0 radical (unpaired) electrons. The molecule has 0 saturated carbocycles. The van der Waals surface area contributed by atoms with Gasteiger partial charge in [-0.15, -0.1) is 0 Å². The average Bonchev–Trinajstić information content (AvgIpc) is 2.91. The summed E-state index contributed by atoms with van der Waals surface area (Å²) in [4.78, 5) is 17.3. The third kappa shape index (κ3) is 6.13. The van der Waals surface area contributed by atoms with Crippen molar-refractivity contribution in [1.82, 2.24) is 9.21 Å². The second kappa shape index (κ2) is 11.5. The summed E-state index contributed by atoms with van der Waals surface area (Å²) in [6, 6.07) is 20.8. The summed E-state index contributed by atoms with van der Waals surface area (Å²) in [7, 11) is -2.30. The summed E-state index contributed by atoms with van der Waals surface area (Å²) in [5.74, 6) is 0.540. The van der Waals surface area contributed by atoms with Crippen molar-refractivity contribution in [2.45, 2.75) is 11.4 Å². The minimum absolute atomic E-state index is 0.00826. The van der Waals surface area contributed by atoms with Crippen LogP contribution in [0.25, 0.3) is 0 Å². The zero-order valence-corrected chi connectivity index (χ0v) is 22.1. The molecule has 0 aliphatic carbocycles. The zero-order chi connectivity index (χ0) is 25.7. The summed E-state index contributed by atoms with van der Waals surface area (Å²) in [5.41, 5.74) is 1.69. The van der Waals surface area contributed by atoms with E-state index in [0.717, 1.165) is 11.4 Å². The van der Waals surface area contributed by atoms with Gasteiger partial charge in [0.15, 0.2) is 0 Å². The van der Waals surface area contributed by atoms with Crippen LogP contribution in [0.4, 0.5) is 5.69 Å².